The molecule has 0 spiro atoms. The lowest BCUT2D eigenvalue weighted by atomic mass is 9.99. The highest BCUT2D eigenvalue weighted by Crippen LogP contribution is 2.26. The van der Waals surface area contributed by atoms with Crippen LogP contribution in [-0.2, 0) is 9.59 Å². The van der Waals surface area contributed by atoms with Crippen molar-refractivity contribution in [2.75, 3.05) is 19.6 Å². The quantitative estimate of drug-likeness (QED) is 0.929. The van der Waals surface area contributed by atoms with E-state index in [4.69, 9.17) is 0 Å². The smallest absolute Gasteiger partial charge is 0.242 e. The van der Waals surface area contributed by atoms with Crippen LogP contribution in [0.1, 0.15) is 44.1 Å². The van der Waals surface area contributed by atoms with E-state index in [9.17, 15) is 14.7 Å². The van der Waals surface area contributed by atoms with Crippen molar-refractivity contribution in [2.45, 2.75) is 44.6 Å². The fourth-order valence-electron chi connectivity index (χ4n) is 3.66. The molecule has 5 heteroatoms. The molecular formula is C18H24N2O3. The summed E-state index contributed by atoms with van der Waals surface area (Å²) in [6.45, 7) is 3.31. The second-order valence-corrected chi connectivity index (χ2v) is 6.60. The second-order valence-electron chi connectivity index (χ2n) is 6.60. The average Bonchev–Trinajstić information content (AvgIpc) is 3.08. The summed E-state index contributed by atoms with van der Waals surface area (Å²) in [5, 5.41) is 9.35. The van der Waals surface area contributed by atoms with Gasteiger partial charge in [0.05, 0.1) is 12.5 Å². The first-order chi connectivity index (χ1) is 11.1. The molecule has 1 aliphatic heterocycles. The number of phenols is 1. The van der Waals surface area contributed by atoms with Crippen LogP contribution in [0.5, 0.6) is 5.75 Å². The van der Waals surface area contributed by atoms with E-state index < -0.39 is 0 Å². The van der Waals surface area contributed by atoms with E-state index in [1.165, 1.54) is 12.8 Å². The number of benzene rings is 1. The summed E-state index contributed by atoms with van der Waals surface area (Å²) in [6, 6.07) is 7.07. The van der Waals surface area contributed by atoms with E-state index in [-0.39, 0.29) is 30.0 Å². The highest BCUT2D eigenvalue weighted by atomic mass is 16.3. The zero-order valence-corrected chi connectivity index (χ0v) is 13.6. The highest BCUT2D eigenvalue weighted by molar-refractivity contribution is 5.89. The molecule has 23 heavy (non-hydrogen) atoms. The van der Waals surface area contributed by atoms with Crippen molar-refractivity contribution >= 4 is 11.8 Å². The Kier molecular flexibility index (Phi) is 4.55. The van der Waals surface area contributed by atoms with E-state index in [1.807, 2.05) is 11.8 Å². The zero-order chi connectivity index (χ0) is 16.4. The van der Waals surface area contributed by atoms with Crippen LogP contribution in [0.2, 0.25) is 0 Å². The van der Waals surface area contributed by atoms with Crippen LogP contribution < -0.4 is 0 Å². The summed E-state index contributed by atoms with van der Waals surface area (Å²) in [7, 11) is 0. The third-order valence-corrected chi connectivity index (χ3v) is 5.10. The number of phenolic OH excluding ortho intramolecular Hbond substituents is 1. The number of amides is 2. The van der Waals surface area contributed by atoms with E-state index in [0.29, 0.717) is 19.1 Å². The van der Waals surface area contributed by atoms with Crippen molar-refractivity contribution in [3.05, 3.63) is 29.8 Å². The molecule has 1 N–H and O–H groups in total. The van der Waals surface area contributed by atoms with Gasteiger partial charge in [-0.25, -0.2) is 0 Å². The average molecular weight is 316 g/mol. The SMILES string of the molecule is C[C@H](C(=O)N1CCN(C2CCCC2)C(=O)C1)c1ccc(O)cc1. The summed E-state index contributed by atoms with van der Waals surface area (Å²) in [5.74, 6) is -0.0558. The maximum atomic E-state index is 12.6. The first-order valence-corrected chi connectivity index (χ1v) is 8.43. The van der Waals surface area contributed by atoms with Gasteiger partial charge < -0.3 is 14.9 Å². The molecule has 1 atom stereocenters. The second kappa shape index (κ2) is 6.60. The third-order valence-electron chi connectivity index (χ3n) is 5.10. The van der Waals surface area contributed by atoms with Crippen LogP contribution in [0.3, 0.4) is 0 Å². The monoisotopic (exact) mass is 316 g/mol. The highest BCUT2D eigenvalue weighted by Gasteiger charge is 2.34. The van der Waals surface area contributed by atoms with Gasteiger partial charge >= 0.3 is 0 Å². The molecule has 1 aromatic rings. The summed E-state index contributed by atoms with van der Waals surface area (Å²) in [4.78, 5) is 28.7. The molecular weight excluding hydrogens is 292 g/mol. The van der Waals surface area contributed by atoms with Gasteiger partial charge in [0.1, 0.15) is 5.75 Å². The summed E-state index contributed by atoms with van der Waals surface area (Å²) < 4.78 is 0. The molecule has 1 heterocycles. The Morgan fingerprint density at radius 3 is 2.43 bits per heavy atom. The Balaban J connectivity index is 1.62. The minimum Gasteiger partial charge on any atom is -0.508 e. The molecule has 2 aliphatic rings. The van der Waals surface area contributed by atoms with Crippen molar-refractivity contribution in [3.8, 4) is 5.75 Å². The molecule has 3 rings (SSSR count). The Morgan fingerprint density at radius 2 is 1.83 bits per heavy atom. The zero-order valence-electron chi connectivity index (χ0n) is 13.6. The number of piperazine rings is 1. The first-order valence-electron chi connectivity index (χ1n) is 8.43. The molecule has 124 valence electrons. The van der Waals surface area contributed by atoms with Gasteiger partial charge in [-0.2, -0.15) is 0 Å². The van der Waals surface area contributed by atoms with Crippen molar-refractivity contribution in [1.82, 2.24) is 9.80 Å². The number of hydrogen-bond donors (Lipinski definition) is 1. The Hall–Kier alpha value is -2.04. The number of aromatic hydroxyl groups is 1. The molecule has 0 aromatic heterocycles. The van der Waals surface area contributed by atoms with E-state index >= 15 is 0 Å². The fourth-order valence-corrected chi connectivity index (χ4v) is 3.66. The number of nitrogens with zero attached hydrogens (tertiary/aromatic N) is 2. The van der Waals surface area contributed by atoms with Gasteiger partial charge in [-0.15, -0.1) is 0 Å². The van der Waals surface area contributed by atoms with Crippen molar-refractivity contribution < 1.29 is 14.7 Å². The predicted molar refractivity (Wildman–Crippen MR) is 87.1 cm³/mol. The molecule has 1 saturated heterocycles. The largest absolute Gasteiger partial charge is 0.508 e. The van der Waals surface area contributed by atoms with Gasteiger partial charge in [-0.3, -0.25) is 9.59 Å². The molecule has 0 bridgehead atoms. The maximum Gasteiger partial charge on any atom is 0.242 e. The number of rotatable bonds is 3. The van der Waals surface area contributed by atoms with Crippen molar-refractivity contribution in [3.63, 3.8) is 0 Å². The van der Waals surface area contributed by atoms with Gasteiger partial charge in [-0.1, -0.05) is 25.0 Å². The Labute approximate surface area is 136 Å². The number of hydrogen-bond acceptors (Lipinski definition) is 3. The summed E-state index contributed by atoms with van der Waals surface area (Å²) in [6.07, 6.45) is 4.61. The van der Waals surface area contributed by atoms with Crippen molar-refractivity contribution in [1.29, 1.82) is 0 Å². The molecule has 5 nitrogen and oxygen atoms in total. The van der Waals surface area contributed by atoms with Crippen LogP contribution >= 0.6 is 0 Å². The van der Waals surface area contributed by atoms with Gasteiger partial charge in [0, 0.05) is 19.1 Å². The fraction of sp³-hybridized carbons (Fsp3) is 0.556. The topological polar surface area (TPSA) is 60.9 Å². The predicted octanol–water partition coefficient (Wildman–Crippen LogP) is 2.11. The van der Waals surface area contributed by atoms with Crippen LogP contribution in [0, 0.1) is 0 Å². The van der Waals surface area contributed by atoms with E-state index in [0.717, 1.165) is 18.4 Å². The minimum absolute atomic E-state index is 0.0184. The molecule has 2 fully saturated rings. The van der Waals surface area contributed by atoms with Gasteiger partial charge in [0.15, 0.2) is 0 Å². The molecule has 1 aliphatic carbocycles. The molecule has 1 saturated carbocycles. The Morgan fingerprint density at radius 1 is 1.17 bits per heavy atom. The van der Waals surface area contributed by atoms with Crippen LogP contribution in [0.15, 0.2) is 24.3 Å². The number of carbonyl (C=O) groups excluding carboxylic acids is 2. The lowest BCUT2D eigenvalue weighted by Crippen LogP contribution is -2.55. The standard InChI is InChI=1S/C18H24N2O3/c1-13(14-6-8-16(21)9-7-14)18(23)19-10-11-20(17(22)12-19)15-4-2-3-5-15/h6-9,13,15,21H,2-5,10-12H2,1H3/t13-/m0/s1. The molecule has 0 unspecified atom stereocenters. The van der Waals surface area contributed by atoms with E-state index in [1.54, 1.807) is 29.2 Å². The van der Waals surface area contributed by atoms with Gasteiger partial charge in [-0.05, 0) is 37.5 Å². The van der Waals surface area contributed by atoms with Crippen LogP contribution in [0.4, 0.5) is 0 Å². The lowest BCUT2D eigenvalue weighted by molar-refractivity contribution is -0.147. The third kappa shape index (κ3) is 3.33. The van der Waals surface area contributed by atoms with Crippen LogP contribution in [0.25, 0.3) is 0 Å². The maximum absolute atomic E-state index is 12.6. The lowest BCUT2D eigenvalue weighted by Gasteiger charge is -2.38. The molecule has 2 amide bonds. The Bertz CT molecular complexity index is 578. The molecule has 0 radical (unpaired) electrons. The van der Waals surface area contributed by atoms with Crippen LogP contribution in [-0.4, -0.2) is 52.4 Å². The summed E-state index contributed by atoms with van der Waals surface area (Å²) in [5.41, 5.74) is 0.860. The first kappa shape index (κ1) is 15.8. The van der Waals surface area contributed by atoms with Crippen molar-refractivity contribution in [2.24, 2.45) is 0 Å². The number of carbonyl (C=O) groups is 2. The summed E-state index contributed by atoms with van der Waals surface area (Å²) >= 11 is 0. The van der Waals surface area contributed by atoms with Gasteiger partial charge in [0.2, 0.25) is 11.8 Å². The molecule has 1 aromatic carbocycles. The van der Waals surface area contributed by atoms with Gasteiger partial charge in [0.25, 0.3) is 0 Å². The minimum atomic E-state index is -0.304. The van der Waals surface area contributed by atoms with E-state index in [2.05, 4.69) is 0 Å². The normalized spacial score (nSPS) is 20.8.